The molecule has 0 atom stereocenters. The second-order valence-corrected chi connectivity index (χ2v) is 8.78. The molecule has 4 rings (SSSR count). The van der Waals surface area contributed by atoms with Crippen LogP contribution in [0, 0.1) is 0 Å². The van der Waals surface area contributed by atoms with Crippen molar-refractivity contribution in [1.82, 2.24) is 14.8 Å². The maximum absolute atomic E-state index is 13.8. The molecule has 0 aliphatic carbocycles. The van der Waals surface area contributed by atoms with Crippen LogP contribution in [0.4, 0.5) is 24.7 Å². The first-order chi connectivity index (χ1) is 17.2. The Labute approximate surface area is 207 Å². The minimum absolute atomic E-state index is 0.0734. The van der Waals surface area contributed by atoms with E-state index in [0.717, 1.165) is 30.3 Å². The van der Waals surface area contributed by atoms with Crippen LogP contribution in [0.15, 0.2) is 60.8 Å². The Morgan fingerprint density at radius 2 is 1.72 bits per heavy atom. The minimum atomic E-state index is -4.53. The molecule has 36 heavy (non-hydrogen) atoms. The van der Waals surface area contributed by atoms with Gasteiger partial charge in [-0.15, -0.1) is 0 Å². The number of hydrogen-bond donors (Lipinski definition) is 2. The number of ether oxygens (including phenoxy) is 1. The Morgan fingerprint density at radius 3 is 2.36 bits per heavy atom. The summed E-state index contributed by atoms with van der Waals surface area (Å²) in [6, 6.07) is 14.5. The van der Waals surface area contributed by atoms with E-state index in [-0.39, 0.29) is 24.4 Å². The fraction of sp³-hybridized carbons (Fsp3) is 0.308. The molecule has 1 aliphatic heterocycles. The van der Waals surface area contributed by atoms with Crippen molar-refractivity contribution in [3.8, 4) is 16.9 Å². The van der Waals surface area contributed by atoms with Gasteiger partial charge in [0.1, 0.15) is 11.6 Å². The molecule has 1 saturated heterocycles. The van der Waals surface area contributed by atoms with Crippen LogP contribution in [-0.4, -0.2) is 60.5 Å². The van der Waals surface area contributed by atoms with Gasteiger partial charge in [0.2, 0.25) is 0 Å². The average Bonchev–Trinajstić information content (AvgIpc) is 2.85. The largest absolute Gasteiger partial charge is 0.484 e. The third-order valence-corrected chi connectivity index (χ3v) is 6.03. The van der Waals surface area contributed by atoms with E-state index >= 15 is 0 Å². The molecular formula is C26H28F3N5O2. The molecule has 10 heteroatoms. The Bertz CT molecular complexity index is 1180. The maximum Gasteiger partial charge on any atom is 0.416 e. The predicted octanol–water partition coefficient (Wildman–Crippen LogP) is 4.11. The van der Waals surface area contributed by atoms with Crippen LogP contribution >= 0.6 is 0 Å². The van der Waals surface area contributed by atoms with Crippen molar-refractivity contribution in [3.63, 3.8) is 0 Å². The molecule has 0 bridgehead atoms. The van der Waals surface area contributed by atoms with Crippen molar-refractivity contribution in [2.45, 2.75) is 12.7 Å². The second-order valence-electron chi connectivity index (χ2n) is 8.78. The number of carbonyl (C=O) groups excluding carboxylic acids is 1. The van der Waals surface area contributed by atoms with E-state index in [1.54, 1.807) is 24.4 Å². The predicted molar refractivity (Wildman–Crippen MR) is 132 cm³/mol. The summed E-state index contributed by atoms with van der Waals surface area (Å²) < 4.78 is 46.8. The van der Waals surface area contributed by atoms with Gasteiger partial charge in [0, 0.05) is 50.2 Å². The van der Waals surface area contributed by atoms with E-state index in [9.17, 15) is 18.0 Å². The lowest BCUT2D eigenvalue weighted by molar-refractivity contribution is -0.138. The van der Waals surface area contributed by atoms with E-state index in [1.807, 2.05) is 30.1 Å². The summed E-state index contributed by atoms with van der Waals surface area (Å²) in [6.45, 7) is 2.92. The molecule has 1 fully saturated rings. The van der Waals surface area contributed by atoms with Crippen molar-refractivity contribution in [2.24, 2.45) is 0 Å². The topological polar surface area (TPSA) is 83.7 Å². The summed E-state index contributed by atoms with van der Waals surface area (Å²) in [7, 11) is 1.99. The number of nitrogens with zero attached hydrogens (tertiary/aromatic N) is 3. The van der Waals surface area contributed by atoms with Crippen LogP contribution in [0.2, 0.25) is 0 Å². The number of pyridine rings is 1. The molecule has 1 amide bonds. The number of halogens is 3. The van der Waals surface area contributed by atoms with Gasteiger partial charge < -0.3 is 20.7 Å². The monoisotopic (exact) mass is 499 g/mol. The van der Waals surface area contributed by atoms with Crippen LogP contribution < -0.4 is 15.8 Å². The summed E-state index contributed by atoms with van der Waals surface area (Å²) >= 11 is 0. The Morgan fingerprint density at radius 1 is 1.03 bits per heavy atom. The molecule has 2 heterocycles. The molecule has 3 N–H and O–H groups in total. The van der Waals surface area contributed by atoms with Crippen LogP contribution in [0.1, 0.15) is 11.1 Å². The average molecular weight is 500 g/mol. The van der Waals surface area contributed by atoms with E-state index < -0.39 is 17.6 Å². The van der Waals surface area contributed by atoms with Crippen molar-refractivity contribution in [1.29, 1.82) is 0 Å². The molecule has 190 valence electrons. The third-order valence-electron chi connectivity index (χ3n) is 6.03. The molecule has 0 saturated carbocycles. The van der Waals surface area contributed by atoms with Gasteiger partial charge in [-0.05, 0) is 54.6 Å². The highest BCUT2D eigenvalue weighted by atomic mass is 19.4. The molecule has 2 aromatic carbocycles. The van der Waals surface area contributed by atoms with Crippen LogP contribution in [-0.2, 0) is 17.5 Å². The van der Waals surface area contributed by atoms with Gasteiger partial charge in [0.05, 0.1) is 5.56 Å². The molecule has 0 spiro atoms. The molecular weight excluding hydrogens is 471 g/mol. The quantitative estimate of drug-likeness (QED) is 0.509. The second kappa shape index (κ2) is 11.0. The van der Waals surface area contributed by atoms with Gasteiger partial charge >= 0.3 is 6.18 Å². The first kappa shape index (κ1) is 25.5. The van der Waals surface area contributed by atoms with Gasteiger partial charge in [0.15, 0.2) is 6.61 Å². The van der Waals surface area contributed by atoms with Gasteiger partial charge in [-0.1, -0.05) is 18.2 Å². The fourth-order valence-corrected chi connectivity index (χ4v) is 3.97. The number of amides is 1. The van der Waals surface area contributed by atoms with E-state index in [1.165, 1.54) is 12.1 Å². The smallest absolute Gasteiger partial charge is 0.416 e. The van der Waals surface area contributed by atoms with Crippen LogP contribution in [0.25, 0.3) is 11.1 Å². The zero-order chi connectivity index (χ0) is 25.7. The number of nitrogens with one attached hydrogen (secondary N) is 1. The number of hydrogen-bond acceptors (Lipinski definition) is 6. The highest BCUT2D eigenvalue weighted by Crippen LogP contribution is 2.34. The van der Waals surface area contributed by atoms with Gasteiger partial charge in [-0.3, -0.25) is 9.69 Å². The normalized spacial score (nSPS) is 15.0. The van der Waals surface area contributed by atoms with Crippen molar-refractivity contribution >= 4 is 17.4 Å². The zero-order valence-electron chi connectivity index (χ0n) is 19.9. The number of piperazine rings is 1. The number of alkyl halides is 3. The lowest BCUT2D eigenvalue weighted by atomic mass is 10.0. The van der Waals surface area contributed by atoms with Crippen molar-refractivity contribution < 1.29 is 22.7 Å². The number of likely N-dealkylation sites (N-methyl/N-ethyl adjacent to an activating group) is 1. The summed E-state index contributed by atoms with van der Waals surface area (Å²) in [4.78, 5) is 20.6. The third kappa shape index (κ3) is 6.73. The highest BCUT2D eigenvalue weighted by molar-refractivity contribution is 5.92. The Hall–Kier alpha value is -3.63. The summed E-state index contributed by atoms with van der Waals surface area (Å²) in [5, 5.41) is 2.50. The molecule has 1 aromatic heterocycles. The molecule has 3 aromatic rings. The number of nitrogen functional groups attached to an aromatic ring is 1. The number of benzene rings is 2. The van der Waals surface area contributed by atoms with Gasteiger partial charge in [-0.2, -0.15) is 13.2 Å². The lowest BCUT2D eigenvalue weighted by Gasteiger charge is -2.33. The first-order valence-corrected chi connectivity index (χ1v) is 11.5. The molecule has 0 radical (unpaired) electrons. The number of anilines is 2. The number of aromatic nitrogens is 1. The first-order valence-electron chi connectivity index (χ1n) is 11.5. The van der Waals surface area contributed by atoms with Gasteiger partial charge in [0.25, 0.3) is 5.91 Å². The maximum atomic E-state index is 13.8. The number of rotatable bonds is 7. The molecule has 1 aliphatic rings. The van der Waals surface area contributed by atoms with E-state index in [4.69, 9.17) is 10.5 Å². The van der Waals surface area contributed by atoms with Crippen LogP contribution in [0.3, 0.4) is 0 Å². The SMILES string of the molecule is CN1CCN(Cc2ccc(NC(=O)COc3ccc(-c4ccc(N)nc4)cc3)cc2C(F)(F)F)CC1. The van der Waals surface area contributed by atoms with Crippen molar-refractivity contribution in [3.05, 3.63) is 71.9 Å². The summed E-state index contributed by atoms with van der Waals surface area (Å²) in [5.74, 6) is 0.328. The van der Waals surface area contributed by atoms with E-state index in [0.29, 0.717) is 24.7 Å². The lowest BCUT2D eigenvalue weighted by Crippen LogP contribution is -2.44. The Balaban J connectivity index is 1.35. The summed E-state index contributed by atoms with van der Waals surface area (Å²) in [6.07, 6.45) is -2.87. The molecule has 0 unspecified atom stereocenters. The van der Waals surface area contributed by atoms with Crippen molar-refractivity contribution in [2.75, 3.05) is 50.9 Å². The molecule has 7 nitrogen and oxygen atoms in total. The van der Waals surface area contributed by atoms with Crippen LogP contribution in [0.5, 0.6) is 5.75 Å². The van der Waals surface area contributed by atoms with E-state index in [2.05, 4.69) is 15.2 Å². The fourth-order valence-electron chi connectivity index (χ4n) is 3.97. The highest BCUT2D eigenvalue weighted by Gasteiger charge is 2.34. The number of nitrogens with two attached hydrogens (primary N) is 1. The zero-order valence-corrected chi connectivity index (χ0v) is 19.9. The standard InChI is InChI=1S/C26H28F3N5O2/c1-33-10-12-34(13-11-33)16-20-2-6-21(14-23(20)26(27,28)29)32-25(35)17-36-22-7-3-18(4-8-22)19-5-9-24(30)31-15-19/h2-9,14-15H,10-13,16-17H2,1H3,(H2,30,31)(H,32,35). The summed E-state index contributed by atoms with van der Waals surface area (Å²) in [5.41, 5.74) is 6.90. The number of carbonyl (C=O) groups is 1. The minimum Gasteiger partial charge on any atom is -0.484 e. The van der Waals surface area contributed by atoms with Gasteiger partial charge in [-0.25, -0.2) is 4.98 Å². The Kier molecular flexibility index (Phi) is 7.76.